The Morgan fingerprint density at radius 2 is 2.11 bits per heavy atom. The van der Waals surface area contributed by atoms with E-state index in [0.717, 1.165) is 24.9 Å². The predicted molar refractivity (Wildman–Crippen MR) is 73.4 cm³/mol. The van der Waals surface area contributed by atoms with Crippen LogP contribution in [-0.2, 0) is 6.42 Å². The molecule has 0 saturated heterocycles. The summed E-state index contributed by atoms with van der Waals surface area (Å²) in [6, 6.07) is 10.5. The van der Waals surface area contributed by atoms with Gasteiger partial charge in [0.25, 0.3) is 0 Å². The molecule has 0 atom stereocenters. The van der Waals surface area contributed by atoms with Gasteiger partial charge in [0.05, 0.1) is 11.3 Å². The first-order chi connectivity index (χ1) is 9.23. The molecule has 0 unspecified atom stereocenters. The minimum Gasteiger partial charge on any atom is -0.390 e. The Balaban J connectivity index is 1.66. The van der Waals surface area contributed by atoms with Crippen LogP contribution in [0.25, 0.3) is 5.69 Å². The van der Waals surface area contributed by atoms with Crippen LogP contribution in [0.5, 0.6) is 0 Å². The van der Waals surface area contributed by atoms with E-state index in [9.17, 15) is 5.11 Å². The Hall–Kier alpha value is -1.61. The highest BCUT2D eigenvalue weighted by molar-refractivity contribution is 5.38. The lowest BCUT2D eigenvalue weighted by atomic mass is 10.1. The maximum absolute atomic E-state index is 10.0. The molecule has 2 aliphatic carbocycles. The van der Waals surface area contributed by atoms with E-state index in [-0.39, 0.29) is 0 Å². The number of aromatic nitrogens is 2. The highest BCUT2D eigenvalue weighted by Crippen LogP contribution is 2.41. The van der Waals surface area contributed by atoms with Crippen molar-refractivity contribution in [1.29, 1.82) is 0 Å². The summed E-state index contributed by atoms with van der Waals surface area (Å²) in [7, 11) is 0. The second-order valence-electron chi connectivity index (χ2n) is 6.01. The lowest BCUT2D eigenvalue weighted by Gasteiger charge is -2.11. The molecule has 0 bridgehead atoms. The molecule has 2 aliphatic rings. The van der Waals surface area contributed by atoms with E-state index in [4.69, 9.17) is 0 Å². The summed E-state index contributed by atoms with van der Waals surface area (Å²) in [5, 5.41) is 14.5. The van der Waals surface area contributed by atoms with Crippen LogP contribution in [0, 0.1) is 0 Å². The minimum absolute atomic E-state index is 0.429. The van der Waals surface area contributed by atoms with E-state index in [0.29, 0.717) is 5.92 Å². The van der Waals surface area contributed by atoms with E-state index < -0.39 is 5.60 Å². The van der Waals surface area contributed by atoms with Crippen LogP contribution in [0.1, 0.15) is 42.9 Å². The van der Waals surface area contributed by atoms with Crippen molar-refractivity contribution in [2.45, 2.75) is 43.6 Å². The topological polar surface area (TPSA) is 38.0 Å². The SMILES string of the molecule is OC1(Cc2cccc(-n3nccc3C3CC3)c2)CC1. The van der Waals surface area contributed by atoms with Gasteiger partial charge in [0, 0.05) is 24.2 Å². The van der Waals surface area contributed by atoms with Crippen molar-refractivity contribution in [3.63, 3.8) is 0 Å². The molecule has 0 radical (unpaired) electrons. The average molecular weight is 254 g/mol. The smallest absolute Gasteiger partial charge is 0.0690 e. The van der Waals surface area contributed by atoms with Gasteiger partial charge in [0.15, 0.2) is 0 Å². The molecule has 1 heterocycles. The Kier molecular flexibility index (Phi) is 2.33. The Morgan fingerprint density at radius 1 is 1.26 bits per heavy atom. The summed E-state index contributed by atoms with van der Waals surface area (Å²) in [5.41, 5.74) is 3.22. The van der Waals surface area contributed by atoms with Gasteiger partial charge < -0.3 is 5.11 Å². The number of hydrogen-bond acceptors (Lipinski definition) is 2. The van der Waals surface area contributed by atoms with E-state index in [2.05, 4.69) is 40.1 Å². The summed E-state index contributed by atoms with van der Waals surface area (Å²) in [6.07, 6.45) is 7.09. The third-order valence-electron chi connectivity index (χ3n) is 4.18. The molecule has 0 aliphatic heterocycles. The zero-order valence-electron chi connectivity index (χ0n) is 10.9. The zero-order chi connectivity index (χ0) is 12.9. The molecular formula is C16H18N2O. The first-order valence-electron chi connectivity index (χ1n) is 7.09. The monoisotopic (exact) mass is 254 g/mol. The summed E-state index contributed by atoms with van der Waals surface area (Å²) in [4.78, 5) is 0. The Labute approximate surface area is 112 Å². The van der Waals surface area contributed by atoms with Crippen molar-refractivity contribution in [3.8, 4) is 5.69 Å². The molecule has 1 N–H and O–H groups in total. The Morgan fingerprint density at radius 3 is 2.84 bits per heavy atom. The number of nitrogens with zero attached hydrogens (tertiary/aromatic N) is 2. The van der Waals surface area contributed by atoms with Crippen LogP contribution in [0.3, 0.4) is 0 Å². The summed E-state index contributed by atoms with van der Waals surface area (Å²) < 4.78 is 2.05. The molecule has 0 spiro atoms. The largest absolute Gasteiger partial charge is 0.390 e. The fraction of sp³-hybridized carbons (Fsp3) is 0.438. The molecule has 2 fully saturated rings. The van der Waals surface area contributed by atoms with Crippen LogP contribution in [0.15, 0.2) is 36.5 Å². The first-order valence-corrected chi connectivity index (χ1v) is 7.09. The van der Waals surface area contributed by atoms with E-state index in [1.165, 1.54) is 24.1 Å². The van der Waals surface area contributed by atoms with Crippen molar-refractivity contribution in [1.82, 2.24) is 9.78 Å². The number of aliphatic hydroxyl groups is 1. The standard InChI is InChI=1S/C16H18N2O/c19-16(7-8-16)11-12-2-1-3-14(10-12)18-15(6-9-17-18)13-4-5-13/h1-3,6,9-10,13,19H,4-5,7-8,11H2. The molecule has 2 saturated carbocycles. The Bertz CT molecular complexity index is 609. The van der Waals surface area contributed by atoms with Gasteiger partial charge in [-0.15, -0.1) is 0 Å². The molecule has 4 rings (SSSR count). The lowest BCUT2D eigenvalue weighted by Crippen LogP contribution is -2.11. The van der Waals surface area contributed by atoms with Crippen LogP contribution >= 0.6 is 0 Å². The maximum atomic E-state index is 10.0. The van der Waals surface area contributed by atoms with Crippen molar-refractivity contribution in [2.75, 3.05) is 0 Å². The van der Waals surface area contributed by atoms with Gasteiger partial charge in [-0.1, -0.05) is 12.1 Å². The van der Waals surface area contributed by atoms with Crippen molar-refractivity contribution in [2.24, 2.45) is 0 Å². The third-order valence-corrected chi connectivity index (χ3v) is 4.18. The highest BCUT2D eigenvalue weighted by atomic mass is 16.3. The molecule has 3 heteroatoms. The van der Waals surface area contributed by atoms with Crippen LogP contribution in [0.4, 0.5) is 0 Å². The third kappa shape index (κ3) is 2.19. The summed E-state index contributed by atoms with van der Waals surface area (Å²) >= 11 is 0. The fourth-order valence-corrected chi connectivity index (χ4v) is 2.72. The minimum atomic E-state index is -0.429. The lowest BCUT2D eigenvalue weighted by molar-refractivity contribution is 0.151. The van der Waals surface area contributed by atoms with Crippen molar-refractivity contribution >= 4 is 0 Å². The van der Waals surface area contributed by atoms with Crippen molar-refractivity contribution in [3.05, 3.63) is 47.8 Å². The van der Waals surface area contributed by atoms with E-state index in [1.807, 2.05) is 6.20 Å². The fourth-order valence-electron chi connectivity index (χ4n) is 2.72. The summed E-state index contributed by atoms with van der Waals surface area (Å²) in [5.74, 6) is 0.693. The molecule has 0 amide bonds. The highest BCUT2D eigenvalue weighted by Gasteiger charge is 2.40. The molecule has 1 aromatic heterocycles. The second kappa shape index (κ2) is 3.94. The van der Waals surface area contributed by atoms with Crippen LogP contribution < -0.4 is 0 Å². The number of benzene rings is 1. The number of rotatable bonds is 4. The molecule has 2 aromatic rings. The van der Waals surface area contributed by atoms with E-state index >= 15 is 0 Å². The van der Waals surface area contributed by atoms with Gasteiger partial charge in [-0.3, -0.25) is 0 Å². The molecule has 19 heavy (non-hydrogen) atoms. The zero-order valence-corrected chi connectivity index (χ0v) is 10.9. The first kappa shape index (κ1) is 11.2. The molecule has 1 aromatic carbocycles. The van der Waals surface area contributed by atoms with Crippen molar-refractivity contribution < 1.29 is 5.11 Å². The molecule has 3 nitrogen and oxygen atoms in total. The molecular weight excluding hydrogens is 236 g/mol. The predicted octanol–water partition coefficient (Wildman–Crippen LogP) is 2.82. The maximum Gasteiger partial charge on any atom is 0.0690 e. The quantitative estimate of drug-likeness (QED) is 0.911. The van der Waals surface area contributed by atoms with E-state index in [1.54, 1.807) is 0 Å². The second-order valence-corrected chi connectivity index (χ2v) is 6.01. The molecule has 98 valence electrons. The normalized spacial score (nSPS) is 20.5. The van der Waals surface area contributed by atoms with Gasteiger partial charge >= 0.3 is 0 Å². The number of hydrogen-bond donors (Lipinski definition) is 1. The summed E-state index contributed by atoms with van der Waals surface area (Å²) in [6.45, 7) is 0. The van der Waals surface area contributed by atoms with Gasteiger partial charge in [0.2, 0.25) is 0 Å². The van der Waals surface area contributed by atoms with Gasteiger partial charge in [0.1, 0.15) is 0 Å². The van der Waals surface area contributed by atoms with Crippen LogP contribution in [0.2, 0.25) is 0 Å². The average Bonchev–Trinajstić information content (AvgIpc) is 3.32. The van der Waals surface area contributed by atoms with Gasteiger partial charge in [-0.05, 0) is 49.4 Å². The van der Waals surface area contributed by atoms with Gasteiger partial charge in [-0.2, -0.15) is 5.10 Å². The van der Waals surface area contributed by atoms with Gasteiger partial charge in [-0.25, -0.2) is 4.68 Å². The van der Waals surface area contributed by atoms with Crippen LogP contribution in [-0.4, -0.2) is 20.5 Å².